The van der Waals surface area contributed by atoms with Gasteiger partial charge in [-0.15, -0.1) is 0 Å². The van der Waals surface area contributed by atoms with Crippen LogP contribution in [-0.2, 0) is 17.6 Å². The molecule has 0 bridgehead atoms. The van der Waals surface area contributed by atoms with Gasteiger partial charge in [-0.25, -0.2) is 4.39 Å². The minimum atomic E-state index is -0.876. The van der Waals surface area contributed by atoms with Crippen LogP contribution in [0, 0.1) is 5.82 Å². The first-order valence-corrected chi connectivity index (χ1v) is 8.43. The summed E-state index contributed by atoms with van der Waals surface area (Å²) in [7, 11) is 0. The Labute approximate surface area is 145 Å². The van der Waals surface area contributed by atoms with Gasteiger partial charge in [0.05, 0.1) is 23.2 Å². The Morgan fingerprint density at radius 1 is 1.38 bits per heavy atom. The second-order valence-corrected chi connectivity index (χ2v) is 6.43. The molecule has 0 saturated carbocycles. The summed E-state index contributed by atoms with van der Waals surface area (Å²) in [5.41, 5.74) is 3.31. The summed E-state index contributed by atoms with van der Waals surface area (Å²) in [6.45, 7) is 2.72. The van der Waals surface area contributed by atoms with Crippen LogP contribution in [0.5, 0.6) is 0 Å². The third-order valence-electron chi connectivity index (χ3n) is 4.51. The molecule has 126 valence electrons. The normalized spacial score (nSPS) is 16.8. The summed E-state index contributed by atoms with van der Waals surface area (Å²) in [6, 6.07) is 10.4. The summed E-state index contributed by atoms with van der Waals surface area (Å²) in [4.78, 5) is 13.1. The second-order valence-electron chi connectivity index (χ2n) is 6.02. The molecule has 3 nitrogen and oxygen atoms in total. The van der Waals surface area contributed by atoms with Crippen LogP contribution in [0.25, 0.3) is 0 Å². The highest BCUT2D eigenvalue weighted by Crippen LogP contribution is 2.43. The molecule has 1 aliphatic rings. The monoisotopic (exact) mass is 347 g/mol. The number of anilines is 1. The predicted molar refractivity (Wildman–Crippen MR) is 93.3 cm³/mol. The zero-order valence-electron chi connectivity index (χ0n) is 13.4. The maximum Gasteiger partial charge on any atom is 0.307 e. The van der Waals surface area contributed by atoms with Gasteiger partial charge in [0.1, 0.15) is 5.82 Å². The van der Waals surface area contributed by atoms with Crippen LogP contribution in [0.3, 0.4) is 0 Å². The average Bonchev–Trinajstić information content (AvgIpc) is 2.54. The number of aryl methyl sites for hydroxylation is 1. The molecule has 0 aromatic heterocycles. The third-order valence-corrected chi connectivity index (χ3v) is 4.80. The molecule has 5 heteroatoms. The number of carboxylic acid groups (broad SMARTS) is 1. The fraction of sp³-hybridized carbons (Fsp3) is 0.316. The Morgan fingerprint density at radius 2 is 2.12 bits per heavy atom. The van der Waals surface area contributed by atoms with Crippen LogP contribution in [-0.4, -0.2) is 17.6 Å². The van der Waals surface area contributed by atoms with E-state index in [1.165, 1.54) is 6.07 Å². The van der Waals surface area contributed by atoms with Gasteiger partial charge in [-0.2, -0.15) is 0 Å². The molecule has 2 aromatic rings. The summed E-state index contributed by atoms with van der Waals surface area (Å²) in [5, 5.41) is 9.52. The fourth-order valence-corrected chi connectivity index (χ4v) is 3.93. The number of aliphatic carboxylic acids is 1. The van der Waals surface area contributed by atoms with Crippen LogP contribution in [0.15, 0.2) is 36.4 Å². The third kappa shape index (κ3) is 3.11. The van der Waals surface area contributed by atoms with E-state index < -0.39 is 5.97 Å². The zero-order valence-corrected chi connectivity index (χ0v) is 14.2. The molecular formula is C19H19ClFNO2. The number of fused-ring (bicyclic) bond motifs is 1. The van der Waals surface area contributed by atoms with Gasteiger partial charge in [0.15, 0.2) is 0 Å². The number of hydrogen-bond donors (Lipinski definition) is 1. The van der Waals surface area contributed by atoms with Crippen molar-refractivity contribution in [2.75, 3.05) is 11.4 Å². The highest BCUT2D eigenvalue weighted by molar-refractivity contribution is 6.33. The number of carbonyl (C=O) groups is 1. The van der Waals surface area contributed by atoms with Crippen molar-refractivity contribution >= 4 is 23.3 Å². The van der Waals surface area contributed by atoms with Gasteiger partial charge in [0.2, 0.25) is 0 Å². The van der Waals surface area contributed by atoms with Gasteiger partial charge < -0.3 is 10.0 Å². The first kappa shape index (κ1) is 16.8. The van der Waals surface area contributed by atoms with E-state index in [4.69, 9.17) is 16.7 Å². The summed E-state index contributed by atoms with van der Waals surface area (Å²) < 4.78 is 14.2. The molecule has 1 atom stereocenters. The largest absolute Gasteiger partial charge is 0.481 e. The standard InChI is InChI=1S/C19H19ClFNO2/c1-2-22-17(14-5-3-4-6-16(14)21)8-7-13-9-12(11-18(23)24)10-15(20)19(13)22/h3-6,9-10,17H,2,7-8,11H2,1H3,(H,23,24). The molecule has 3 rings (SSSR count). The van der Waals surface area contributed by atoms with Crippen molar-refractivity contribution in [1.29, 1.82) is 0 Å². The van der Waals surface area contributed by atoms with Gasteiger partial charge in [-0.05, 0) is 43.0 Å². The molecule has 1 unspecified atom stereocenters. The summed E-state index contributed by atoms with van der Waals surface area (Å²) >= 11 is 6.47. The number of rotatable bonds is 4. The van der Waals surface area contributed by atoms with E-state index in [0.717, 1.165) is 24.1 Å². The minimum Gasteiger partial charge on any atom is -0.481 e. The predicted octanol–water partition coefficient (Wildman–Crippen LogP) is 4.62. The van der Waals surface area contributed by atoms with Crippen molar-refractivity contribution in [3.63, 3.8) is 0 Å². The number of halogens is 2. The summed E-state index contributed by atoms with van der Waals surface area (Å²) in [5.74, 6) is -1.08. The second kappa shape index (κ2) is 6.81. The van der Waals surface area contributed by atoms with Crippen LogP contribution < -0.4 is 4.90 Å². The summed E-state index contributed by atoms with van der Waals surface area (Å²) in [6.07, 6.45) is 1.47. The van der Waals surface area contributed by atoms with Crippen molar-refractivity contribution in [1.82, 2.24) is 0 Å². The molecule has 0 radical (unpaired) electrons. The lowest BCUT2D eigenvalue weighted by Crippen LogP contribution is -2.34. The highest BCUT2D eigenvalue weighted by Gasteiger charge is 2.30. The average molecular weight is 348 g/mol. The fourth-order valence-electron chi connectivity index (χ4n) is 3.56. The van der Waals surface area contributed by atoms with Crippen molar-refractivity contribution in [2.45, 2.75) is 32.2 Å². The van der Waals surface area contributed by atoms with E-state index in [-0.39, 0.29) is 18.3 Å². The van der Waals surface area contributed by atoms with Crippen LogP contribution in [0.1, 0.15) is 36.1 Å². The van der Waals surface area contributed by atoms with E-state index in [9.17, 15) is 9.18 Å². The topological polar surface area (TPSA) is 40.5 Å². The van der Waals surface area contributed by atoms with Gasteiger partial charge in [0, 0.05) is 12.1 Å². The Bertz CT molecular complexity index is 778. The molecule has 0 aliphatic carbocycles. The molecule has 24 heavy (non-hydrogen) atoms. The quantitative estimate of drug-likeness (QED) is 0.877. The molecule has 1 N–H and O–H groups in total. The van der Waals surface area contributed by atoms with Gasteiger partial charge in [-0.3, -0.25) is 4.79 Å². The lowest BCUT2D eigenvalue weighted by molar-refractivity contribution is -0.136. The Morgan fingerprint density at radius 3 is 2.79 bits per heavy atom. The van der Waals surface area contributed by atoms with Crippen molar-refractivity contribution in [3.05, 3.63) is 63.9 Å². The van der Waals surface area contributed by atoms with Crippen molar-refractivity contribution in [2.24, 2.45) is 0 Å². The van der Waals surface area contributed by atoms with Gasteiger partial charge in [0.25, 0.3) is 0 Å². The molecule has 0 amide bonds. The van der Waals surface area contributed by atoms with E-state index in [1.807, 2.05) is 25.1 Å². The maximum absolute atomic E-state index is 14.2. The molecular weight excluding hydrogens is 329 g/mol. The van der Waals surface area contributed by atoms with Crippen molar-refractivity contribution < 1.29 is 14.3 Å². The Hall–Kier alpha value is -2.07. The zero-order chi connectivity index (χ0) is 17.3. The molecule has 0 fully saturated rings. The molecule has 1 heterocycles. The lowest BCUT2D eigenvalue weighted by atomic mass is 9.89. The number of benzene rings is 2. The number of nitrogens with zero attached hydrogens (tertiary/aromatic N) is 1. The lowest BCUT2D eigenvalue weighted by Gasteiger charge is -2.39. The van der Waals surface area contributed by atoms with Crippen molar-refractivity contribution in [3.8, 4) is 0 Å². The maximum atomic E-state index is 14.2. The minimum absolute atomic E-state index is 0.0458. The van der Waals surface area contributed by atoms with Gasteiger partial charge >= 0.3 is 5.97 Å². The molecule has 0 saturated heterocycles. The molecule has 1 aliphatic heterocycles. The van der Waals surface area contributed by atoms with E-state index in [0.29, 0.717) is 22.7 Å². The van der Waals surface area contributed by atoms with E-state index in [2.05, 4.69) is 4.90 Å². The van der Waals surface area contributed by atoms with Crippen LogP contribution >= 0.6 is 11.6 Å². The van der Waals surface area contributed by atoms with Crippen LogP contribution in [0.2, 0.25) is 5.02 Å². The smallest absolute Gasteiger partial charge is 0.307 e. The Kier molecular flexibility index (Phi) is 4.76. The highest BCUT2D eigenvalue weighted by atomic mass is 35.5. The Balaban J connectivity index is 2.03. The number of carboxylic acids is 1. The SMILES string of the molecule is CCN1c2c(Cl)cc(CC(=O)O)cc2CCC1c1ccccc1F. The molecule has 0 spiro atoms. The first-order chi connectivity index (χ1) is 11.5. The van der Waals surface area contributed by atoms with Gasteiger partial charge in [-0.1, -0.05) is 35.9 Å². The van der Waals surface area contributed by atoms with Crippen LogP contribution in [0.4, 0.5) is 10.1 Å². The van der Waals surface area contributed by atoms with E-state index >= 15 is 0 Å². The van der Waals surface area contributed by atoms with E-state index in [1.54, 1.807) is 12.1 Å². The first-order valence-electron chi connectivity index (χ1n) is 8.05. The molecule has 2 aromatic carbocycles. The number of hydrogen-bond acceptors (Lipinski definition) is 2.